The van der Waals surface area contributed by atoms with Crippen molar-refractivity contribution in [2.75, 3.05) is 26.2 Å². The zero-order chi connectivity index (χ0) is 14.5. The fraction of sp³-hybridized carbons (Fsp3) is 0.684. The van der Waals surface area contributed by atoms with Gasteiger partial charge in [-0.2, -0.15) is 0 Å². The van der Waals surface area contributed by atoms with Gasteiger partial charge in [0.25, 0.3) is 0 Å². The molecule has 2 saturated heterocycles. The molecule has 116 valence electrons. The number of hydrogen-bond acceptors (Lipinski definition) is 2. The second kappa shape index (κ2) is 7.42. The van der Waals surface area contributed by atoms with E-state index in [4.69, 9.17) is 0 Å². The normalized spacial score (nSPS) is 26.0. The third kappa shape index (κ3) is 4.08. The molecule has 21 heavy (non-hydrogen) atoms. The van der Waals surface area contributed by atoms with Crippen LogP contribution >= 0.6 is 0 Å². The molecule has 1 aromatic carbocycles. The van der Waals surface area contributed by atoms with E-state index in [1.807, 2.05) is 0 Å². The summed E-state index contributed by atoms with van der Waals surface area (Å²) in [6, 6.07) is 12.5. The lowest BCUT2D eigenvalue weighted by atomic mass is 10.0. The summed E-state index contributed by atoms with van der Waals surface area (Å²) in [5.41, 5.74) is 1.48. The van der Waals surface area contributed by atoms with E-state index in [9.17, 15) is 0 Å². The molecule has 0 radical (unpaired) electrons. The van der Waals surface area contributed by atoms with Crippen LogP contribution in [0.3, 0.4) is 0 Å². The van der Waals surface area contributed by atoms with E-state index in [1.165, 1.54) is 70.3 Å². The zero-order valence-electron chi connectivity index (χ0n) is 13.5. The molecule has 1 aromatic rings. The van der Waals surface area contributed by atoms with Crippen molar-refractivity contribution in [3.8, 4) is 0 Å². The number of rotatable bonds is 4. The molecule has 0 saturated carbocycles. The van der Waals surface area contributed by atoms with Crippen molar-refractivity contribution in [3.05, 3.63) is 35.9 Å². The van der Waals surface area contributed by atoms with Crippen LogP contribution in [0, 0.1) is 0 Å². The molecule has 3 rings (SSSR count). The SMILES string of the molecule is CC(CCc1ccccc1)N1CCCN2CCCCC2C1. The molecule has 2 nitrogen and oxygen atoms in total. The summed E-state index contributed by atoms with van der Waals surface area (Å²) in [6.07, 6.45) is 8.13. The first kappa shape index (κ1) is 15.1. The van der Waals surface area contributed by atoms with Gasteiger partial charge in [0.15, 0.2) is 0 Å². The molecule has 0 N–H and O–H groups in total. The Bertz CT molecular complexity index is 417. The number of aryl methyl sites for hydroxylation is 1. The molecule has 2 unspecified atom stereocenters. The highest BCUT2D eigenvalue weighted by Gasteiger charge is 2.28. The predicted octanol–water partition coefficient (Wildman–Crippen LogP) is 3.57. The van der Waals surface area contributed by atoms with Crippen molar-refractivity contribution >= 4 is 0 Å². The van der Waals surface area contributed by atoms with Crippen LogP contribution in [0.25, 0.3) is 0 Å². The Morgan fingerprint density at radius 1 is 1.05 bits per heavy atom. The Morgan fingerprint density at radius 3 is 2.71 bits per heavy atom. The van der Waals surface area contributed by atoms with Crippen molar-refractivity contribution in [1.29, 1.82) is 0 Å². The van der Waals surface area contributed by atoms with E-state index in [0.29, 0.717) is 6.04 Å². The second-order valence-electron chi connectivity index (χ2n) is 6.91. The van der Waals surface area contributed by atoms with Gasteiger partial charge in [-0.15, -0.1) is 0 Å². The predicted molar refractivity (Wildman–Crippen MR) is 89.6 cm³/mol. The molecule has 2 aliphatic rings. The van der Waals surface area contributed by atoms with Crippen LogP contribution in [-0.2, 0) is 6.42 Å². The first-order valence-electron chi connectivity index (χ1n) is 8.85. The fourth-order valence-corrected chi connectivity index (χ4v) is 4.00. The summed E-state index contributed by atoms with van der Waals surface area (Å²) in [5, 5.41) is 0. The maximum absolute atomic E-state index is 2.76. The lowest BCUT2D eigenvalue weighted by molar-refractivity contribution is 0.121. The Kier molecular flexibility index (Phi) is 5.32. The fourth-order valence-electron chi connectivity index (χ4n) is 4.00. The van der Waals surface area contributed by atoms with E-state index in [0.717, 1.165) is 6.04 Å². The van der Waals surface area contributed by atoms with Gasteiger partial charge < -0.3 is 0 Å². The van der Waals surface area contributed by atoms with Gasteiger partial charge in [-0.25, -0.2) is 0 Å². The van der Waals surface area contributed by atoms with Gasteiger partial charge >= 0.3 is 0 Å². The molecule has 0 amide bonds. The molecular weight excluding hydrogens is 256 g/mol. The minimum Gasteiger partial charge on any atom is -0.299 e. The summed E-state index contributed by atoms with van der Waals surface area (Å²) in [5.74, 6) is 0. The van der Waals surface area contributed by atoms with Gasteiger partial charge in [-0.05, 0) is 64.2 Å². The van der Waals surface area contributed by atoms with E-state index < -0.39 is 0 Å². The summed E-state index contributed by atoms with van der Waals surface area (Å²) >= 11 is 0. The van der Waals surface area contributed by atoms with Crippen molar-refractivity contribution in [3.63, 3.8) is 0 Å². The second-order valence-corrected chi connectivity index (χ2v) is 6.91. The maximum Gasteiger partial charge on any atom is 0.0223 e. The van der Waals surface area contributed by atoms with Gasteiger partial charge in [-0.1, -0.05) is 36.8 Å². The number of hydrogen-bond donors (Lipinski definition) is 0. The van der Waals surface area contributed by atoms with E-state index in [-0.39, 0.29) is 0 Å². The largest absolute Gasteiger partial charge is 0.299 e. The maximum atomic E-state index is 2.76. The third-order valence-corrected chi connectivity index (χ3v) is 5.40. The number of nitrogens with zero attached hydrogens (tertiary/aromatic N) is 2. The topological polar surface area (TPSA) is 6.48 Å². The molecule has 2 fully saturated rings. The van der Waals surface area contributed by atoms with Crippen LogP contribution in [0.1, 0.15) is 44.6 Å². The Hall–Kier alpha value is -0.860. The highest BCUT2D eigenvalue weighted by molar-refractivity contribution is 5.14. The summed E-state index contributed by atoms with van der Waals surface area (Å²) < 4.78 is 0. The summed E-state index contributed by atoms with van der Waals surface area (Å²) in [6.45, 7) is 7.70. The average Bonchev–Trinajstić information content (AvgIpc) is 2.76. The first-order valence-corrected chi connectivity index (χ1v) is 8.85. The number of piperidine rings is 1. The van der Waals surface area contributed by atoms with E-state index >= 15 is 0 Å². The Labute approximate surface area is 130 Å². The molecule has 2 aliphatic heterocycles. The molecule has 0 bridgehead atoms. The molecule has 0 aromatic heterocycles. The van der Waals surface area contributed by atoms with Crippen LogP contribution in [0.5, 0.6) is 0 Å². The summed E-state index contributed by atoms with van der Waals surface area (Å²) in [7, 11) is 0. The number of fused-ring (bicyclic) bond motifs is 1. The quantitative estimate of drug-likeness (QED) is 0.835. The van der Waals surface area contributed by atoms with Crippen molar-refractivity contribution in [2.24, 2.45) is 0 Å². The van der Waals surface area contributed by atoms with Gasteiger partial charge in [-0.3, -0.25) is 9.80 Å². The van der Waals surface area contributed by atoms with Gasteiger partial charge in [0.05, 0.1) is 0 Å². The highest BCUT2D eigenvalue weighted by Crippen LogP contribution is 2.23. The van der Waals surface area contributed by atoms with E-state index in [2.05, 4.69) is 47.1 Å². The Balaban J connectivity index is 1.52. The van der Waals surface area contributed by atoms with Crippen LogP contribution in [0.4, 0.5) is 0 Å². The lowest BCUT2D eigenvalue weighted by Gasteiger charge is -2.37. The highest BCUT2D eigenvalue weighted by atomic mass is 15.3. The standard InChI is InChI=1S/C19H30N2/c1-17(11-12-18-8-3-2-4-9-18)21-15-7-14-20-13-6-5-10-19(20)16-21/h2-4,8-9,17,19H,5-7,10-16H2,1H3. The zero-order valence-corrected chi connectivity index (χ0v) is 13.5. The van der Waals surface area contributed by atoms with Gasteiger partial charge in [0.1, 0.15) is 0 Å². The monoisotopic (exact) mass is 286 g/mol. The van der Waals surface area contributed by atoms with Gasteiger partial charge in [0.2, 0.25) is 0 Å². The smallest absolute Gasteiger partial charge is 0.0223 e. The Morgan fingerprint density at radius 2 is 1.86 bits per heavy atom. The average molecular weight is 286 g/mol. The first-order chi connectivity index (χ1) is 10.3. The van der Waals surface area contributed by atoms with Gasteiger partial charge in [0, 0.05) is 18.6 Å². The molecule has 2 heterocycles. The van der Waals surface area contributed by atoms with Crippen LogP contribution in [-0.4, -0.2) is 48.1 Å². The van der Waals surface area contributed by atoms with Crippen molar-refractivity contribution in [1.82, 2.24) is 9.80 Å². The summed E-state index contributed by atoms with van der Waals surface area (Å²) in [4.78, 5) is 5.52. The molecule has 0 aliphatic carbocycles. The van der Waals surface area contributed by atoms with Crippen LogP contribution < -0.4 is 0 Å². The number of benzene rings is 1. The lowest BCUT2D eigenvalue weighted by Crippen LogP contribution is -2.45. The van der Waals surface area contributed by atoms with Crippen LogP contribution in [0.15, 0.2) is 30.3 Å². The molecular formula is C19H30N2. The molecule has 2 heteroatoms. The minimum absolute atomic E-state index is 0.715. The minimum atomic E-state index is 0.715. The van der Waals surface area contributed by atoms with Crippen LogP contribution in [0.2, 0.25) is 0 Å². The third-order valence-electron chi connectivity index (χ3n) is 5.40. The van der Waals surface area contributed by atoms with Crippen molar-refractivity contribution in [2.45, 2.75) is 57.5 Å². The molecule has 0 spiro atoms. The van der Waals surface area contributed by atoms with Crippen molar-refractivity contribution < 1.29 is 0 Å². The van der Waals surface area contributed by atoms with E-state index in [1.54, 1.807) is 0 Å². The molecule has 2 atom stereocenters.